The molecule has 1 rings (SSSR count). The molecule has 0 saturated heterocycles. The van der Waals surface area contributed by atoms with Gasteiger partial charge in [-0.25, -0.2) is 4.39 Å². The normalized spacial score (nSPS) is 13.6. The van der Waals surface area contributed by atoms with E-state index in [2.05, 4.69) is 6.58 Å². The summed E-state index contributed by atoms with van der Waals surface area (Å²) < 4.78 is 25.0. The molecule has 1 aromatic rings. The van der Waals surface area contributed by atoms with Crippen molar-refractivity contribution in [2.24, 2.45) is 0 Å². The van der Waals surface area contributed by atoms with Crippen molar-refractivity contribution >= 4 is 23.2 Å². The Morgan fingerprint density at radius 2 is 1.97 bits per heavy atom. The monoisotopic (exact) mass is 546 g/mol. The van der Waals surface area contributed by atoms with Crippen LogP contribution in [0.25, 0.3) is 0 Å². The minimum absolute atomic E-state index is 0.0825. The van der Waals surface area contributed by atoms with E-state index in [-0.39, 0.29) is 28.7 Å². The number of alkyl halides is 2. The van der Waals surface area contributed by atoms with E-state index in [1.54, 1.807) is 36.4 Å². The van der Waals surface area contributed by atoms with Gasteiger partial charge in [-0.3, -0.25) is 0 Å². The second-order valence-corrected chi connectivity index (χ2v) is 7.92. The number of unbranched alkanes of at least 4 members (excludes halogenated alkanes) is 1. The summed E-state index contributed by atoms with van der Waals surface area (Å²) >= 11 is 12.2. The van der Waals surface area contributed by atoms with Crippen molar-refractivity contribution < 1.29 is 19.0 Å². The third-order valence-corrected chi connectivity index (χ3v) is 4.95. The highest BCUT2D eigenvalue weighted by molar-refractivity contribution is 6.19. The van der Waals surface area contributed by atoms with Gasteiger partial charge in [0.25, 0.3) is 0 Å². The molecule has 0 radical (unpaired) electrons. The summed E-state index contributed by atoms with van der Waals surface area (Å²) in [6.45, 7) is 9.18. The zero-order valence-electron chi connectivity index (χ0n) is 21.4. The second-order valence-electron chi connectivity index (χ2n) is 7.35. The summed E-state index contributed by atoms with van der Waals surface area (Å²) in [7, 11) is 0. The van der Waals surface area contributed by atoms with Crippen LogP contribution in [0, 0.1) is 22.7 Å². The van der Waals surface area contributed by atoms with Gasteiger partial charge in [0.15, 0.2) is 6.29 Å². The summed E-state index contributed by atoms with van der Waals surface area (Å²) in [6.07, 6.45) is 8.21. The quantitative estimate of drug-likeness (QED) is 0.0513. The first-order valence-electron chi connectivity index (χ1n) is 11.5. The zero-order chi connectivity index (χ0) is 28.1. The molecule has 0 aliphatic rings. The first-order chi connectivity index (χ1) is 17.9. The van der Waals surface area contributed by atoms with Gasteiger partial charge in [0.05, 0.1) is 31.0 Å². The summed E-state index contributed by atoms with van der Waals surface area (Å²) in [5.74, 6) is 0.481. The lowest BCUT2D eigenvalue weighted by Crippen LogP contribution is -2.09. The second kappa shape index (κ2) is 21.0. The molecular formula is C29H33Cl2FN2O3. The van der Waals surface area contributed by atoms with Crippen LogP contribution in [0.3, 0.4) is 0 Å². The van der Waals surface area contributed by atoms with Crippen LogP contribution in [0.4, 0.5) is 4.39 Å². The average molecular weight is 547 g/mol. The van der Waals surface area contributed by atoms with E-state index in [9.17, 15) is 14.8 Å². The first-order valence-corrected chi connectivity index (χ1v) is 12.6. The van der Waals surface area contributed by atoms with Crippen LogP contribution in [0.5, 0.6) is 5.75 Å². The van der Waals surface area contributed by atoms with Gasteiger partial charge in [0.1, 0.15) is 11.5 Å². The van der Waals surface area contributed by atoms with Crippen LogP contribution >= 0.6 is 23.2 Å². The number of rotatable bonds is 13. The van der Waals surface area contributed by atoms with Gasteiger partial charge in [-0.15, -0.1) is 29.8 Å². The van der Waals surface area contributed by atoms with E-state index in [1.165, 1.54) is 25.2 Å². The van der Waals surface area contributed by atoms with E-state index in [0.717, 1.165) is 12.8 Å². The molecule has 37 heavy (non-hydrogen) atoms. The number of nitriles is 2. The Balaban J connectivity index is 0.00000410. The molecule has 0 saturated carbocycles. The number of ether oxygens (including phenoxy) is 2. The van der Waals surface area contributed by atoms with E-state index >= 15 is 0 Å². The molecule has 1 aromatic carbocycles. The van der Waals surface area contributed by atoms with Gasteiger partial charge in [-0.2, -0.15) is 10.5 Å². The molecule has 0 aromatic heterocycles. The highest BCUT2D eigenvalue weighted by Gasteiger charge is 2.19. The summed E-state index contributed by atoms with van der Waals surface area (Å²) in [5, 5.41) is 28.6. The lowest BCUT2D eigenvalue weighted by atomic mass is 9.91. The summed E-state index contributed by atoms with van der Waals surface area (Å²) in [6, 6.07) is 10.4. The van der Waals surface area contributed by atoms with Crippen LogP contribution in [-0.4, -0.2) is 23.5 Å². The van der Waals surface area contributed by atoms with Crippen molar-refractivity contribution in [2.45, 2.75) is 39.9 Å². The predicted octanol–water partition coefficient (Wildman–Crippen LogP) is 8.13. The fourth-order valence-electron chi connectivity index (χ4n) is 2.89. The fourth-order valence-corrected chi connectivity index (χ4v) is 3.25. The van der Waals surface area contributed by atoms with Crippen LogP contribution < -0.4 is 4.74 Å². The molecule has 0 aliphatic heterocycles. The van der Waals surface area contributed by atoms with Crippen molar-refractivity contribution in [3.05, 3.63) is 101 Å². The molecule has 1 N–H and O–H groups in total. The average Bonchev–Trinajstić information content (AvgIpc) is 2.90. The third-order valence-electron chi connectivity index (χ3n) is 4.55. The molecule has 0 spiro atoms. The Hall–Kier alpha value is -3.13. The zero-order valence-corrected chi connectivity index (χ0v) is 22.9. The first kappa shape index (κ1) is 33.9. The largest absolute Gasteiger partial charge is 0.460 e. The number of hydrogen-bond acceptors (Lipinski definition) is 5. The number of allylic oxidation sites excluding steroid dienone is 10. The van der Waals surface area contributed by atoms with Crippen molar-refractivity contribution in [1.29, 1.82) is 10.5 Å². The maximum absolute atomic E-state index is 13.5. The lowest BCUT2D eigenvalue weighted by molar-refractivity contribution is -0.103. The van der Waals surface area contributed by atoms with E-state index < -0.39 is 6.29 Å². The lowest BCUT2D eigenvalue weighted by Gasteiger charge is -2.19. The van der Waals surface area contributed by atoms with Gasteiger partial charge in [0.2, 0.25) is 0 Å². The van der Waals surface area contributed by atoms with Crippen molar-refractivity contribution in [2.75, 3.05) is 18.4 Å². The number of aliphatic hydroxyl groups is 1. The maximum Gasteiger partial charge on any atom is 0.181 e. The Morgan fingerprint density at radius 1 is 1.27 bits per heavy atom. The van der Waals surface area contributed by atoms with Gasteiger partial charge in [-0.05, 0) is 49.6 Å². The maximum atomic E-state index is 13.5. The molecule has 198 valence electrons. The molecular weight excluding hydrogens is 514 g/mol. The van der Waals surface area contributed by atoms with Crippen LogP contribution in [-0.2, 0) is 4.74 Å². The van der Waals surface area contributed by atoms with Gasteiger partial charge >= 0.3 is 0 Å². The number of halogens is 3. The van der Waals surface area contributed by atoms with Crippen molar-refractivity contribution in [1.82, 2.24) is 0 Å². The summed E-state index contributed by atoms with van der Waals surface area (Å²) in [5.41, 5.74) is 1.59. The molecule has 8 heteroatoms. The Morgan fingerprint density at radius 3 is 2.51 bits per heavy atom. The van der Waals surface area contributed by atoms with Crippen LogP contribution in [0.1, 0.15) is 45.5 Å². The van der Waals surface area contributed by atoms with Crippen LogP contribution in [0.2, 0.25) is 0 Å². The van der Waals surface area contributed by atoms with E-state index in [0.29, 0.717) is 35.4 Å². The Kier molecular flexibility index (Phi) is 19.2. The minimum atomic E-state index is -1.13. The molecule has 1 atom stereocenters. The Bertz CT molecular complexity index is 1090. The number of aliphatic hydroxyl groups excluding tert-OH is 1. The minimum Gasteiger partial charge on any atom is -0.460 e. The molecule has 0 aliphatic carbocycles. The van der Waals surface area contributed by atoms with Gasteiger partial charge in [0, 0.05) is 34.7 Å². The molecule has 0 heterocycles. The highest BCUT2D eigenvalue weighted by atomic mass is 35.5. The smallest absolute Gasteiger partial charge is 0.181 e. The summed E-state index contributed by atoms with van der Waals surface area (Å²) in [4.78, 5) is 0. The fraction of sp³-hybridized carbons (Fsp3) is 0.310. The van der Waals surface area contributed by atoms with Crippen molar-refractivity contribution in [3.8, 4) is 17.9 Å². The molecule has 0 bridgehead atoms. The molecule has 0 fully saturated rings. The van der Waals surface area contributed by atoms with Crippen molar-refractivity contribution in [3.63, 3.8) is 0 Å². The molecule has 1 unspecified atom stereocenters. The van der Waals surface area contributed by atoms with Gasteiger partial charge in [-0.1, -0.05) is 37.6 Å². The van der Waals surface area contributed by atoms with E-state index in [1.807, 2.05) is 26.0 Å². The molecule has 0 amide bonds. The molecule has 5 nitrogen and oxygen atoms in total. The number of nitrogens with zero attached hydrogens (tertiary/aromatic N) is 2. The standard InChI is InChI=1S/C26H27Cl2FN2O3.C3H6/c1-3-4-15-33-26(32)21-7-5-9-22(16-21)34-24(17-28)25(20(10-12-27)8-6-13-30)23(11-14-31)19(2)18-29;1-3-2/h5-11,16,18,26,32H,3-4,12,15,17H2,1-2H3;3H,1H2,2H3/b8-6+,19-18-,20-10-,23-11+,25-24-;. The van der Waals surface area contributed by atoms with Gasteiger partial charge < -0.3 is 14.6 Å². The third kappa shape index (κ3) is 12.6. The van der Waals surface area contributed by atoms with Crippen LogP contribution in [0.15, 0.2) is 95.6 Å². The topological polar surface area (TPSA) is 86.3 Å². The number of hydrogen-bond donors (Lipinski definition) is 1. The predicted molar refractivity (Wildman–Crippen MR) is 149 cm³/mol. The van der Waals surface area contributed by atoms with E-state index in [4.69, 9.17) is 37.9 Å². The Labute approximate surface area is 229 Å². The SMILES string of the molecule is C=CC.CCCCOC(O)c1cccc(O/C(CCl)=C(C(=C\CCl)/C=C/C#N)\C(=C\C#N)C(\C)=C/F)c1. The highest BCUT2D eigenvalue weighted by Crippen LogP contribution is 2.32. The number of benzene rings is 1.